The number of nitrogens with zero attached hydrogens (tertiary/aromatic N) is 4. The molecule has 2 amide bonds. The van der Waals surface area contributed by atoms with Crippen molar-refractivity contribution >= 4 is 35.1 Å². The lowest BCUT2D eigenvalue weighted by Crippen LogP contribution is -2.70. The van der Waals surface area contributed by atoms with Gasteiger partial charge in [0.1, 0.15) is 17.2 Å². The Hall–Kier alpha value is -2.80. The van der Waals surface area contributed by atoms with Gasteiger partial charge in [-0.05, 0) is 141 Å². The molecule has 0 aromatic heterocycles. The number of fused-ring (bicyclic) bond motifs is 6. The van der Waals surface area contributed by atoms with E-state index in [9.17, 15) is 24.3 Å². The molecule has 12 unspecified atom stereocenters. The normalized spacial score (nSPS) is 37.1. The van der Waals surface area contributed by atoms with Crippen LogP contribution in [0.25, 0.3) is 10.4 Å². The molecule has 11 heteroatoms. The van der Waals surface area contributed by atoms with E-state index in [1.165, 1.54) is 44.9 Å². The predicted octanol–water partition coefficient (Wildman–Crippen LogP) is 7.74. The zero-order chi connectivity index (χ0) is 38.1. The monoisotopic (exact) mass is 747 g/mol. The number of carbonyl (C=O) groups is 4. The summed E-state index contributed by atoms with van der Waals surface area (Å²) in [6, 6.07) is -0.654. The second kappa shape index (κ2) is 16.5. The fourth-order valence-corrected chi connectivity index (χ4v) is 13.7. The maximum Gasteiger partial charge on any atom is 0.253 e. The first kappa shape index (κ1) is 39.9. The van der Waals surface area contributed by atoms with Crippen LogP contribution < -0.4 is 5.32 Å². The van der Waals surface area contributed by atoms with Crippen molar-refractivity contribution in [2.24, 2.45) is 57.4 Å². The fraction of sp³-hybridized carbons (Fsp3) is 0.810. The molecular weight excluding hydrogens is 687 g/mol. The molecule has 2 aliphatic heterocycles. The number of nitrogens with one attached hydrogen (secondary N) is 1. The van der Waals surface area contributed by atoms with Crippen LogP contribution in [0.1, 0.15) is 130 Å². The van der Waals surface area contributed by atoms with E-state index in [2.05, 4.69) is 42.0 Å². The van der Waals surface area contributed by atoms with Crippen LogP contribution in [0.2, 0.25) is 0 Å². The van der Waals surface area contributed by atoms with E-state index < -0.39 is 6.04 Å². The largest absolute Gasteiger partial charge is 0.393 e. The van der Waals surface area contributed by atoms with Crippen LogP contribution in [0.5, 0.6) is 0 Å². The molecule has 5 fully saturated rings. The highest BCUT2D eigenvalue weighted by Crippen LogP contribution is 2.68. The number of Topliss-reactive ketones (excluding diaryl/α,β-unsaturated/α-hetero) is 2. The molecule has 6 rings (SSSR count). The van der Waals surface area contributed by atoms with E-state index in [-0.39, 0.29) is 73.0 Å². The van der Waals surface area contributed by atoms with Crippen LogP contribution in [-0.4, -0.2) is 63.2 Å². The lowest BCUT2D eigenvalue weighted by atomic mass is 9.44. The Morgan fingerprint density at radius 3 is 2.60 bits per heavy atom. The van der Waals surface area contributed by atoms with Crippen LogP contribution in [0.4, 0.5) is 0 Å². The number of ketones is 2. The zero-order valence-corrected chi connectivity index (χ0v) is 33.2. The summed E-state index contributed by atoms with van der Waals surface area (Å²) in [6.07, 6.45) is 18.7. The van der Waals surface area contributed by atoms with Crippen molar-refractivity contribution in [1.29, 1.82) is 0 Å². The number of allylic oxidation sites excluding steroid dienone is 1. The molecule has 0 radical (unpaired) electrons. The predicted molar refractivity (Wildman–Crippen MR) is 207 cm³/mol. The number of amides is 2. The van der Waals surface area contributed by atoms with Crippen LogP contribution in [0, 0.1) is 64.6 Å². The molecule has 6 aliphatic rings. The molecule has 12 atom stereocenters. The molecule has 4 saturated carbocycles. The molecule has 4 aliphatic carbocycles. The fourth-order valence-electron chi connectivity index (χ4n) is 12.4. The molecule has 2 N–H and O–H groups in total. The summed E-state index contributed by atoms with van der Waals surface area (Å²) < 4.78 is 0. The van der Waals surface area contributed by atoms with E-state index in [1.807, 2.05) is 6.92 Å². The summed E-state index contributed by atoms with van der Waals surface area (Å²) in [5.41, 5.74) is 10.3. The minimum atomic E-state index is -0.654. The topological polar surface area (TPSA) is 153 Å². The number of azide groups is 1. The Kier molecular flexibility index (Phi) is 12.4. The van der Waals surface area contributed by atoms with Gasteiger partial charge in [-0.3, -0.25) is 24.1 Å². The second-order valence-corrected chi connectivity index (χ2v) is 19.2. The summed E-state index contributed by atoms with van der Waals surface area (Å²) in [4.78, 5) is 57.4. The third kappa shape index (κ3) is 7.85. The SMILES string of the molecule is C#CCC(CC(=O)CCCN=[N+]=[N-])CC(=O)C1=C(C)CSC2C(NC(=O)CCC(C)C3CCC4C5CCC6CC(O)CCC6(C)C5CCC34C)C(=O)N12. The quantitative estimate of drug-likeness (QED) is 0.0437. The van der Waals surface area contributed by atoms with Crippen molar-refractivity contribution in [3.8, 4) is 12.3 Å². The molecule has 0 aromatic carbocycles. The van der Waals surface area contributed by atoms with Crippen molar-refractivity contribution in [3.63, 3.8) is 0 Å². The summed E-state index contributed by atoms with van der Waals surface area (Å²) in [7, 11) is 0. The zero-order valence-electron chi connectivity index (χ0n) is 32.4. The molecule has 1 saturated heterocycles. The Balaban J connectivity index is 0.997. The smallest absolute Gasteiger partial charge is 0.253 e. The molecule has 290 valence electrons. The van der Waals surface area contributed by atoms with E-state index in [0.717, 1.165) is 42.6 Å². The number of β-lactam (4-membered cyclic amide) rings is 1. The number of hydrogen-bond acceptors (Lipinski definition) is 7. The van der Waals surface area contributed by atoms with Gasteiger partial charge in [0.15, 0.2) is 5.78 Å². The first-order valence-corrected chi connectivity index (χ1v) is 21.5. The average molecular weight is 748 g/mol. The van der Waals surface area contributed by atoms with Gasteiger partial charge in [0, 0.05) is 49.3 Å². The number of rotatable bonds is 15. The Morgan fingerprint density at radius 1 is 1.09 bits per heavy atom. The third-order valence-electron chi connectivity index (χ3n) is 15.1. The molecule has 53 heavy (non-hydrogen) atoms. The highest BCUT2D eigenvalue weighted by molar-refractivity contribution is 8.00. The number of aliphatic hydroxyl groups excluding tert-OH is 1. The first-order valence-electron chi connectivity index (χ1n) is 20.4. The molecule has 0 aromatic rings. The number of aliphatic hydroxyl groups is 1. The minimum absolute atomic E-state index is 0.0291. The van der Waals surface area contributed by atoms with E-state index in [4.69, 9.17) is 12.0 Å². The molecule has 2 heterocycles. The van der Waals surface area contributed by atoms with Crippen LogP contribution in [0.15, 0.2) is 16.4 Å². The maximum absolute atomic E-state index is 13.6. The number of carbonyl (C=O) groups excluding carboxylic acids is 4. The van der Waals surface area contributed by atoms with E-state index in [1.54, 1.807) is 16.7 Å². The van der Waals surface area contributed by atoms with Crippen molar-refractivity contribution in [3.05, 3.63) is 21.7 Å². The van der Waals surface area contributed by atoms with Gasteiger partial charge in [-0.15, -0.1) is 24.1 Å². The third-order valence-corrected chi connectivity index (χ3v) is 16.6. The Morgan fingerprint density at radius 2 is 1.85 bits per heavy atom. The Labute approximate surface area is 320 Å². The summed E-state index contributed by atoms with van der Waals surface area (Å²) >= 11 is 1.57. The van der Waals surface area contributed by atoms with E-state index in [0.29, 0.717) is 52.9 Å². The number of hydrogen-bond donors (Lipinski definition) is 2. The van der Waals surface area contributed by atoms with Crippen molar-refractivity contribution in [2.45, 2.75) is 148 Å². The molecule has 10 nitrogen and oxygen atoms in total. The highest BCUT2D eigenvalue weighted by atomic mass is 32.2. The lowest BCUT2D eigenvalue weighted by Gasteiger charge is -2.61. The van der Waals surface area contributed by atoms with Gasteiger partial charge in [-0.2, -0.15) is 0 Å². The standard InChI is InChI=1S/C42H61N5O5S/c1-6-8-27(21-29(48)9-7-20-44-46-43)22-35(50)38-26(3)24-53-40-37(39(52)47(38)40)45-36(51)15-10-25(2)32-13-14-33-31-12-11-28-23-30(49)16-18-41(28,4)34(31)17-19-42(32,33)5/h1,25,27-28,30-34,37,40,49H,7-24H2,2-5H3,(H,45,51). The van der Waals surface area contributed by atoms with Crippen molar-refractivity contribution < 1.29 is 24.3 Å². The second-order valence-electron chi connectivity index (χ2n) is 18.1. The average Bonchev–Trinajstić information content (AvgIpc) is 3.49. The summed E-state index contributed by atoms with van der Waals surface area (Å²) in [5, 5.41) is 16.6. The van der Waals surface area contributed by atoms with Crippen LogP contribution in [0.3, 0.4) is 0 Å². The van der Waals surface area contributed by atoms with Gasteiger partial charge in [0.05, 0.1) is 11.8 Å². The van der Waals surface area contributed by atoms with Gasteiger partial charge < -0.3 is 10.4 Å². The Bertz CT molecular complexity index is 1570. The van der Waals surface area contributed by atoms with Gasteiger partial charge in [0.25, 0.3) is 5.91 Å². The van der Waals surface area contributed by atoms with Gasteiger partial charge in [-0.25, -0.2) is 0 Å². The highest BCUT2D eigenvalue weighted by Gasteiger charge is 2.60. The maximum atomic E-state index is 13.6. The van der Waals surface area contributed by atoms with Crippen LogP contribution in [-0.2, 0) is 19.2 Å². The minimum Gasteiger partial charge on any atom is -0.393 e. The first-order chi connectivity index (χ1) is 25.3. The summed E-state index contributed by atoms with van der Waals surface area (Å²) in [5.74, 6) is 6.26. The van der Waals surface area contributed by atoms with E-state index >= 15 is 0 Å². The molecular formula is C42H61N5O5S. The van der Waals surface area contributed by atoms with Gasteiger partial charge in [-0.1, -0.05) is 25.9 Å². The summed E-state index contributed by atoms with van der Waals surface area (Å²) in [6.45, 7) is 9.54. The van der Waals surface area contributed by atoms with Crippen molar-refractivity contribution in [2.75, 3.05) is 12.3 Å². The van der Waals surface area contributed by atoms with Crippen molar-refractivity contribution in [1.82, 2.24) is 10.2 Å². The number of thioether (sulfide) groups is 1. The lowest BCUT2D eigenvalue weighted by molar-refractivity contribution is -0.147. The number of terminal acetylenes is 1. The van der Waals surface area contributed by atoms with Gasteiger partial charge >= 0.3 is 0 Å². The molecule has 0 spiro atoms. The van der Waals surface area contributed by atoms with Gasteiger partial charge in [0.2, 0.25) is 5.91 Å². The van der Waals surface area contributed by atoms with Crippen LogP contribution >= 0.6 is 11.8 Å². The molecule has 0 bridgehead atoms.